The molecule has 1 aromatic rings. The summed E-state index contributed by atoms with van der Waals surface area (Å²) in [5.74, 6) is 1.91. The molecule has 0 saturated heterocycles. The molecule has 0 heterocycles. The molecule has 2 N–H and O–H groups in total. The van der Waals surface area contributed by atoms with Gasteiger partial charge in [-0.3, -0.25) is 0 Å². The van der Waals surface area contributed by atoms with E-state index in [2.05, 4.69) is 5.32 Å². The van der Waals surface area contributed by atoms with Gasteiger partial charge in [0.15, 0.2) is 0 Å². The van der Waals surface area contributed by atoms with Gasteiger partial charge in [0.2, 0.25) is 0 Å². The fourth-order valence-corrected chi connectivity index (χ4v) is 3.16. The second kappa shape index (κ2) is 7.12. The summed E-state index contributed by atoms with van der Waals surface area (Å²) in [6, 6.07) is 5.43. The summed E-state index contributed by atoms with van der Waals surface area (Å²) >= 11 is 1.85. The van der Waals surface area contributed by atoms with E-state index in [0.29, 0.717) is 6.04 Å². The Bertz CT molecular complexity index is 386. The maximum atomic E-state index is 13.2. The number of rotatable bonds is 7. The fourth-order valence-electron chi connectivity index (χ4n) is 2.36. The van der Waals surface area contributed by atoms with Crippen LogP contribution in [0, 0.1) is 5.82 Å². The van der Waals surface area contributed by atoms with E-state index in [1.807, 2.05) is 17.8 Å². The minimum Gasteiger partial charge on any atom is -0.396 e. The number of thioether (sulfide) groups is 1. The van der Waals surface area contributed by atoms with E-state index in [1.165, 1.54) is 5.56 Å². The molecule has 1 unspecified atom stereocenters. The normalized spacial score (nSPS) is 18.0. The highest BCUT2D eigenvalue weighted by atomic mass is 32.2. The molecular formula is C14H20FNOS. The Kier molecular flexibility index (Phi) is 5.47. The van der Waals surface area contributed by atoms with Gasteiger partial charge in [-0.15, -0.1) is 0 Å². The van der Waals surface area contributed by atoms with Gasteiger partial charge in [-0.05, 0) is 48.3 Å². The van der Waals surface area contributed by atoms with Crippen LogP contribution >= 0.6 is 11.8 Å². The van der Waals surface area contributed by atoms with Crippen LogP contribution in [-0.2, 0) is 6.42 Å². The van der Waals surface area contributed by atoms with Crippen LogP contribution in [0.3, 0.4) is 0 Å². The third-order valence-corrected chi connectivity index (χ3v) is 4.34. The van der Waals surface area contributed by atoms with E-state index in [0.717, 1.165) is 42.9 Å². The van der Waals surface area contributed by atoms with E-state index < -0.39 is 0 Å². The van der Waals surface area contributed by atoms with Gasteiger partial charge in [0.25, 0.3) is 0 Å². The van der Waals surface area contributed by atoms with Crippen molar-refractivity contribution in [2.24, 2.45) is 0 Å². The molecule has 0 aliphatic heterocycles. The molecular weight excluding hydrogens is 249 g/mol. The minimum absolute atomic E-state index is 0.139. The maximum Gasteiger partial charge on any atom is 0.123 e. The van der Waals surface area contributed by atoms with Crippen LogP contribution < -0.4 is 5.32 Å². The third kappa shape index (κ3) is 3.70. The van der Waals surface area contributed by atoms with E-state index in [4.69, 9.17) is 5.11 Å². The van der Waals surface area contributed by atoms with Crippen LogP contribution in [-0.4, -0.2) is 29.8 Å². The van der Waals surface area contributed by atoms with Gasteiger partial charge < -0.3 is 10.4 Å². The van der Waals surface area contributed by atoms with Crippen molar-refractivity contribution < 1.29 is 9.50 Å². The Morgan fingerprint density at radius 3 is 3.11 bits per heavy atom. The summed E-state index contributed by atoms with van der Waals surface area (Å²) in [7, 11) is 0. The van der Waals surface area contributed by atoms with Gasteiger partial charge in [-0.2, -0.15) is 11.8 Å². The molecule has 0 saturated carbocycles. The van der Waals surface area contributed by atoms with Crippen molar-refractivity contribution in [2.75, 3.05) is 24.7 Å². The van der Waals surface area contributed by atoms with E-state index in [-0.39, 0.29) is 12.4 Å². The predicted molar refractivity (Wildman–Crippen MR) is 74.5 cm³/mol. The van der Waals surface area contributed by atoms with E-state index >= 15 is 0 Å². The highest BCUT2D eigenvalue weighted by Crippen LogP contribution is 2.31. The van der Waals surface area contributed by atoms with E-state index in [9.17, 15) is 4.39 Å². The molecule has 1 aromatic carbocycles. The highest BCUT2D eigenvalue weighted by Gasteiger charge is 2.21. The van der Waals surface area contributed by atoms with Gasteiger partial charge in [-0.25, -0.2) is 4.39 Å². The van der Waals surface area contributed by atoms with Crippen molar-refractivity contribution in [1.29, 1.82) is 0 Å². The Labute approximate surface area is 112 Å². The van der Waals surface area contributed by atoms with Crippen molar-refractivity contribution in [1.82, 2.24) is 5.32 Å². The molecule has 0 radical (unpaired) electrons. The number of fused-ring (bicyclic) bond motifs is 1. The van der Waals surface area contributed by atoms with Gasteiger partial charge in [-0.1, -0.05) is 6.07 Å². The van der Waals surface area contributed by atoms with Crippen molar-refractivity contribution in [3.8, 4) is 0 Å². The Morgan fingerprint density at radius 1 is 1.39 bits per heavy atom. The molecule has 1 aliphatic carbocycles. The fraction of sp³-hybridized carbons (Fsp3) is 0.571. The summed E-state index contributed by atoms with van der Waals surface area (Å²) in [5, 5.41) is 12.2. The van der Waals surface area contributed by atoms with Crippen LogP contribution in [0.5, 0.6) is 0 Å². The lowest BCUT2D eigenvalue weighted by atomic mass is 10.1. The number of nitrogens with one attached hydrogen (secondary N) is 1. The average Bonchev–Trinajstić information content (AvgIpc) is 2.76. The smallest absolute Gasteiger partial charge is 0.123 e. The number of aliphatic hydroxyl groups excluding tert-OH is 1. The molecule has 18 heavy (non-hydrogen) atoms. The number of hydrogen-bond acceptors (Lipinski definition) is 3. The summed E-state index contributed by atoms with van der Waals surface area (Å²) in [6.07, 6.45) is 2.98. The SMILES string of the molecule is OCCCSCCNC1CCc2ccc(F)cc21. The third-order valence-electron chi connectivity index (χ3n) is 3.27. The lowest BCUT2D eigenvalue weighted by Gasteiger charge is -2.13. The van der Waals surface area contributed by atoms with Crippen LogP contribution in [0.25, 0.3) is 0 Å². The first-order valence-electron chi connectivity index (χ1n) is 6.51. The van der Waals surface area contributed by atoms with Gasteiger partial charge in [0, 0.05) is 24.9 Å². The number of halogens is 1. The van der Waals surface area contributed by atoms with Gasteiger partial charge >= 0.3 is 0 Å². The monoisotopic (exact) mass is 269 g/mol. The van der Waals surface area contributed by atoms with Crippen molar-refractivity contribution in [3.05, 3.63) is 35.1 Å². The number of hydrogen-bond donors (Lipinski definition) is 2. The number of aliphatic hydroxyl groups is 1. The van der Waals surface area contributed by atoms with Crippen LogP contribution in [0.4, 0.5) is 4.39 Å². The van der Waals surface area contributed by atoms with E-state index in [1.54, 1.807) is 12.1 Å². The summed E-state index contributed by atoms with van der Waals surface area (Å²) in [5.41, 5.74) is 2.41. The van der Waals surface area contributed by atoms with Crippen molar-refractivity contribution in [3.63, 3.8) is 0 Å². The average molecular weight is 269 g/mol. The quantitative estimate of drug-likeness (QED) is 0.746. The molecule has 4 heteroatoms. The maximum absolute atomic E-state index is 13.2. The Balaban J connectivity index is 1.74. The summed E-state index contributed by atoms with van der Waals surface area (Å²) < 4.78 is 13.2. The molecule has 2 rings (SSSR count). The lowest BCUT2D eigenvalue weighted by Crippen LogP contribution is -2.22. The molecule has 0 fully saturated rings. The second-order valence-corrected chi connectivity index (χ2v) is 5.80. The van der Waals surface area contributed by atoms with Crippen LogP contribution in [0.1, 0.15) is 30.0 Å². The summed E-state index contributed by atoms with van der Waals surface area (Å²) in [6.45, 7) is 1.21. The van der Waals surface area contributed by atoms with Crippen LogP contribution in [0.2, 0.25) is 0 Å². The van der Waals surface area contributed by atoms with Crippen molar-refractivity contribution >= 4 is 11.8 Å². The Morgan fingerprint density at radius 2 is 2.28 bits per heavy atom. The topological polar surface area (TPSA) is 32.3 Å². The minimum atomic E-state index is -0.139. The zero-order chi connectivity index (χ0) is 12.8. The van der Waals surface area contributed by atoms with Crippen molar-refractivity contribution in [2.45, 2.75) is 25.3 Å². The standard InChI is InChI=1S/C14H20FNOS/c15-12-4-2-11-3-5-14(13(11)10-12)16-6-9-18-8-1-7-17/h2,4,10,14,16-17H,1,3,5-9H2. The van der Waals surface area contributed by atoms with Gasteiger partial charge in [0.1, 0.15) is 5.82 Å². The van der Waals surface area contributed by atoms with Crippen LogP contribution in [0.15, 0.2) is 18.2 Å². The molecule has 1 aliphatic rings. The molecule has 0 aromatic heterocycles. The molecule has 0 spiro atoms. The second-order valence-electron chi connectivity index (χ2n) is 4.58. The lowest BCUT2D eigenvalue weighted by molar-refractivity contribution is 0.296. The molecule has 0 amide bonds. The zero-order valence-corrected chi connectivity index (χ0v) is 11.3. The zero-order valence-electron chi connectivity index (χ0n) is 10.5. The first-order chi connectivity index (χ1) is 8.81. The molecule has 1 atom stereocenters. The first kappa shape index (κ1) is 13.8. The van der Waals surface area contributed by atoms with Gasteiger partial charge in [0.05, 0.1) is 0 Å². The molecule has 2 nitrogen and oxygen atoms in total. The number of aryl methyl sites for hydroxylation is 1. The number of benzene rings is 1. The summed E-state index contributed by atoms with van der Waals surface area (Å²) in [4.78, 5) is 0. The first-order valence-corrected chi connectivity index (χ1v) is 7.67. The Hall–Kier alpha value is -0.580. The molecule has 0 bridgehead atoms. The molecule has 100 valence electrons. The highest BCUT2D eigenvalue weighted by molar-refractivity contribution is 7.99. The predicted octanol–water partition coefficient (Wildman–Crippen LogP) is 2.52. The largest absolute Gasteiger partial charge is 0.396 e.